The minimum absolute atomic E-state index is 0.450. The number of rotatable bonds is 4. The Morgan fingerprint density at radius 1 is 1.18 bits per heavy atom. The van der Waals surface area contributed by atoms with Crippen LogP contribution in [0.1, 0.15) is 56.7 Å². The highest BCUT2D eigenvalue weighted by molar-refractivity contribution is 5.26. The maximum absolute atomic E-state index is 3.70. The molecule has 1 aromatic carbocycles. The molecule has 0 aliphatic heterocycles. The van der Waals surface area contributed by atoms with Crippen LogP contribution in [0.2, 0.25) is 0 Å². The summed E-state index contributed by atoms with van der Waals surface area (Å²) in [5.74, 6) is 0. The highest BCUT2D eigenvalue weighted by Crippen LogP contribution is 2.47. The molecule has 1 unspecified atom stereocenters. The fourth-order valence-electron chi connectivity index (χ4n) is 3.20. The van der Waals surface area contributed by atoms with Gasteiger partial charge in [-0.05, 0) is 37.3 Å². The predicted octanol–water partition coefficient (Wildman–Crippen LogP) is 4.23. The van der Waals surface area contributed by atoms with Crippen LogP contribution in [0, 0.1) is 12.3 Å². The van der Waals surface area contributed by atoms with E-state index in [2.05, 4.69) is 50.4 Å². The molecular formula is C16H25N. The van der Waals surface area contributed by atoms with Crippen LogP contribution in [0.5, 0.6) is 0 Å². The van der Waals surface area contributed by atoms with Crippen molar-refractivity contribution in [3.05, 3.63) is 35.4 Å². The fraction of sp³-hybridized carbons (Fsp3) is 0.625. The van der Waals surface area contributed by atoms with Gasteiger partial charge in [0.05, 0.1) is 0 Å². The standard InChI is InChI=1S/C16H25N/c1-4-17-15(16(3)11-5-6-12-16)14-9-7-13(2)8-10-14/h7-10,15,17H,4-6,11-12H2,1-3H3. The summed E-state index contributed by atoms with van der Waals surface area (Å²) in [6, 6.07) is 9.59. The van der Waals surface area contributed by atoms with Crippen molar-refractivity contribution >= 4 is 0 Å². The second kappa shape index (κ2) is 5.22. The van der Waals surface area contributed by atoms with E-state index in [9.17, 15) is 0 Å². The Labute approximate surface area is 106 Å². The highest BCUT2D eigenvalue weighted by Gasteiger charge is 2.37. The molecule has 1 aliphatic carbocycles. The lowest BCUT2D eigenvalue weighted by Crippen LogP contribution is -2.34. The van der Waals surface area contributed by atoms with E-state index in [1.165, 1.54) is 36.8 Å². The lowest BCUT2D eigenvalue weighted by molar-refractivity contribution is 0.226. The second-order valence-electron chi connectivity index (χ2n) is 5.76. The zero-order valence-corrected chi connectivity index (χ0v) is 11.4. The van der Waals surface area contributed by atoms with Gasteiger partial charge >= 0.3 is 0 Å². The Bertz CT molecular complexity index is 346. The minimum atomic E-state index is 0.450. The number of benzene rings is 1. The van der Waals surface area contributed by atoms with Gasteiger partial charge < -0.3 is 5.32 Å². The molecule has 0 amide bonds. The number of nitrogens with one attached hydrogen (secondary N) is 1. The molecule has 17 heavy (non-hydrogen) atoms. The fourth-order valence-corrected chi connectivity index (χ4v) is 3.20. The van der Waals surface area contributed by atoms with Crippen LogP contribution in [0.3, 0.4) is 0 Å². The summed E-state index contributed by atoms with van der Waals surface area (Å²) in [5.41, 5.74) is 3.26. The highest BCUT2D eigenvalue weighted by atomic mass is 14.9. The van der Waals surface area contributed by atoms with Gasteiger partial charge in [0.25, 0.3) is 0 Å². The topological polar surface area (TPSA) is 12.0 Å². The molecule has 1 N–H and O–H groups in total. The van der Waals surface area contributed by atoms with Crippen LogP contribution in [0.4, 0.5) is 0 Å². The molecular weight excluding hydrogens is 206 g/mol. The number of hydrogen-bond acceptors (Lipinski definition) is 1. The quantitative estimate of drug-likeness (QED) is 0.818. The molecule has 1 fully saturated rings. The van der Waals surface area contributed by atoms with Crippen LogP contribution in [0.25, 0.3) is 0 Å². The van der Waals surface area contributed by atoms with Gasteiger partial charge in [-0.15, -0.1) is 0 Å². The molecule has 1 heteroatoms. The van der Waals surface area contributed by atoms with Crippen molar-refractivity contribution in [1.82, 2.24) is 5.32 Å². The Morgan fingerprint density at radius 3 is 2.29 bits per heavy atom. The first-order valence-corrected chi connectivity index (χ1v) is 6.96. The van der Waals surface area contributed by atoms with Crippen molar-refractivity contribution < 1.29 is 0 Å². The van der Waals surface area contributed by atoms with Crippen molar-refractivity contribution in [2.24, 2.45) is 5.41 Å². The Hall–Kier alpha value is -0.820. The van der Waals surface area contributed by atoms with Gasteiger partial charge in [0, 0.05) is 6.04 Å². The van der Waals surface area contributed by atoms with Gasteiger partial charge in [0.2, 0.25) is 0 Å². The zero-order valence-electron chi connectivity index (χ0n) is 11.4. The predicted molar refractivity (Wildman–Crippen MR) is 74.2 cm³/mol. The van der Waals surface area contributed by atoms with Crippen LogP contribution >= 0.6 is 0 Å². The molecule has 1 saturated carbocycles. The largest absolute Gasteiger partial charge is 0.310 e. The Balaban J connectivity index is 2.24. The third-order valence-corrected chi connectivity index (χ3v) is 4.26. The van der Waals surface area contributed by atoms with E-state index in [0.29, 0.717) is 11.5 Å². The smallest absolute Gasteiger partial charge is 0.0374 e. The molecule has 1 atom stereocenters. The third-order valence-electron chi connectivity index (χ3n) is 4.26. The number of aryl methyl sites for hydroxylation is 1. The Kier molecular flexibility index (Phi) is 3.88. The van der Waals surface area contributed by atoms with E-state index in [4.69, 9.17) is 0 Å². The summed E-state index contributed by atoms with van der Waals surface area (Å²) in [6.45, 7) is 7.87. The van der Waals surface area contributed by atoms with E-state index >= 15 is 0 Å². The summed E-state index contributed by atoms with van der Waals surface area (Å²) >= 11 is 0. The maximum Gasteiger partial charge on any atom is 0.0374 e. The van der Waals surface area contributed by atoms with Crippen LogP contribution in [0.15, 0.2) is 24.3 Å². The molecule has 2 rings (SSSR count). The van der Waals surface area contributed by atoms with Gasteiger partial charge in [-0.2, -0.15) is 0 Å². The van der Waals surface area contributed by atoms with Crippen molar-refractivity contribution in [2.45, 2.75) is 52.5 Å². The van der Waals surface area contributed by atoms with Crippen LogP contribution in [-0.2, 0) is 0 Å². The van der Waals surface area contributed by atoms with Gasteiger partial charge in [0.1, 0.15) is 0 Å². The minimum Gasteiger partial charge on any atom is -0.310 e. The normalized spacial score (nSPS) is 20.4. The van der Waals surface area contributed by atoms with Gasteiger partial charge in [-0.3, -0.25) is 0 Å². The van der Waals surface area contributed by atoms with Crippen molar-refractivity contribution in [1.29, 1.82) is 0 Å². The van der Waals surface area contributed by atoms with Crippen LogP contribution < -0.4 is 5.32 Å². The summed E-state index contributed by atoms with van der Waals surface area (Å²) in [4.78, 5) is 0. The molecule has 0 saturated heterocycles. The molecule has 94 valence electrons. The molecule has 1 nitrogen and oxygen atoms in total. The first-order chi connectivity index (χ1) is 8.15. The van der Waals surface area contributed by atoms with Gasteiger partial charge in [-0.1, -0.05) is 56.5 Å². The van der Waals surface area contributed by atoms with E-state index < -0.39 is 0 Å². The second-order valence-corrected chi connectivity index (χ2v) is 5.76. The van der Waals surface area contributed by atoms with Crippen molar-refractivity contribution in [3.8, 4) is 0 Å². The average molecular weight is 231 g/mol. The molecule has 0 spiro atoms. The van der Waals surface area contributed by atoms with E-state index in [-0.39, 0.29) is 0 Å². The van der Waals surface area contributed by atoms with E-state index in [0.717, 1.165) is 6.54 Å². The monoisotopic (exact) mass is 231 g/mol. The molecule has 1 aromatic rings. The Morgan fingerprint density at radius 2 is 1.76 bits per heavy atom. The third kappa shape index (κ3) is 2.71. The molecule has 1 aliphatic rings. The van der Waals surface area contributed by atoms with E-state index in [1.807, 2.05) is 0 Å². The van der Waals surface area contributed by atoms with Gasteiger partial charge in [0.15, 0.2) is 0 Å². The first-order valence-electron chi connectivity index (χ1n) is 6.96. The summed E-state index contributed by atoms with van der Waals surface area (Å²) < 4.78 is 0. The average Bonchev–Trinajstić information content (AvgIpc) is 2.75. The lowest BCUT2D eigenvalue weighted by atomic mass is 9.77. The van der Waals surface area contributed by atoms with Gasteiger partial charge in [-0.25, -0.2) is 0 Å². The maximum atomic E-state index is 3.70. The summed E-state index contributed by atoms with van der Waals surface area (Å²) in [5, 5.41) is 3.70. The van der Waals surface area contributed by atoms with E-state index in [1.54, 1.807) is 0 Å². The molecule has 0 heterocycles. The van der Waals surface area contributed by atoms with Crippen molar-refractivity contribution in [2.75, 3.05) is 6.54 Å². The SMILES string of the molecule is CCNC(c1ccc(C)cc1)C1(C)CCCC1. The summed E-state index contributed by atoms with van der Waals surface area (Å²) in [7, 11) is 0. The molecule has 0 bridgehead atoms. The molecule has 0 aromatic heterocycles. The van der Waals surface area contributed by atoms with Crippen LogP contribution in [-0.4, -0.2) is 6.54 Å². The summed E-state index contributed by atoms with van der Waals surface area (Å²) in [6.07, 6.45) is 5.51. The zero-order chi connectivity index (χ0) is 12.3. The first kappa shape index (κ1) is 12.6. The lowest BCUT2D eigenvalue weighted by Gasteiger charge is -2.35. The molecule has 0 radical (unpaired) electrons. The van der Waals surface area contributed by atoms with Crippen molar-refractivity contribution in [3.63, 3.8) is 0 Å². The number of hydrogen-bond donors (Lipinski definition) is 1.